The predicted octanol–water partition coefficient (Wildman–Crippen LogP) is 13.4. The summed E-state index contributed by atoms with van der Waals surface area (Å²) in [5, 5.41) is 87.2. The molecule has 498 valence electrons. The van der Waals surface area contributed by atoms with E-state index >= 15 is 0 Å². The van der Waals surface area contributed by atoms with E-state index in [0.717, 1.165) is 122 Å². The topological polar surface area (TPSA) is 228 Å². The zero-order valence-corrected chi connectivity index (χ0v) is 53.9. The van der Waals surface area contributed by atoms with Crippen LogP contribution in [0.5, 0.6) is 0 Å². The molecule has 12 atom stereocenters. The number of hydrogen-bond acceptors (Lipinski definition) is 13. The summed E-state index contributed by atoms with van der Waals surface area (Å²) in [6, 6.07) is -0.954. The third kappa shape index (κ3) is 40.4. The fraction of sp³-hybridized carbons (Fsp3) is 0.635. The van der Waals surface area contributed by atoms with Crippen LogP contribution in [0.25, 0.3) is 0 Å². The van der Waals surface area contributed by atoms with Crippen molar-refractivity contribution in [2.75, 3.05) is 19.8 Å². The van der Waals surface area contributed by atoms with Crippen LogP contribution >= 0.6 is 0 Å². The van der Waals surface area contributed by atoms with Crippen molar-refractivity contribution in [1.82, 2.24) is 5.32 Å². The van der Waals surface area contributed by atoms with Gasteiger partial charge in [0.05, 0.1) is 32.0 Å². The van der Waals surface area contributed by atoms with Gasteiger partial charge in [-0.05, 0) is 122 Å². The summed E-state index contributed by atoms with van der Waals surface area (Å²) in [4.78, 5) is 13.3. The molecule has 0 spiro atoms. The molecule has 14 nitrogen and oxygen atoms in total. The summed E-state index contributed by atoms with van der Waals surface area (Å²) in [5.41, 5.74) is 0. The first-order valence-electron chi connectivity index (χ1n) is 33.7. The molecule has 0 aliphatic carbocycles. The standard InChI is InChI=1S/C74H119NO13/c1-3-5-7-9-11-13-15-17-19-20-21-22-23-24-25-26-27-28-29-30-31-32-33-34-35-36-37-38-39-40-41-42-44-46-48-50-52-54-56-58-66(79)75-62(63(78)57-55-53-51-49-47-45-43-18-16-14-12-10-8-6-4-2)61-85-73-71(84)69(82)72(65(60-77)87-73)88-74-70(83)68(81)67(80)64(59-76)86-74/h5,7,11,13,16-19,21-22,24-25,27-28,30-31,33-34,36-37,39-40,47,49,55,57,62-65,67-74,76-78,80-84H,3-4,6,8-10,12,14-15,20,23,26,29,32,35,38,41-46,48,50-54,56,58-61H2,1-2H3,(H,75,79)/b7-5-,13-11-,18-16+,19-17-,22-21-,25-24-,28-27-,31-30-,34-33-,37-36-,40-39-,49-47+,57-55+. The number of aliphatic hydroxyl groups excluding tert-OH is 8. The number of carbonyl (C=O) groups is 1. The molecule has 14 heteroatoms. The van der Waals surface area contributed by atoms with E-state index in [2.05, 4.69) is 165 Å². The van der Waals surface area contributed by atoms with Crippen molar-refractivity contribution in [2.24, 2.45) is 0 Å². The Morgan fingerprint density at radius 2 is 0.795 bits per heavy atom. The lowest BCUT2D eigenvalue weighted by atomic mass is 9.97. The molecule has 0 saturated carbocycles. The molecule has 2 fully saturated rings. The highest BCUT2D eigenvalue weighted by Crippen LogP contribution is 2.30. The van der Waals surface area contributed by atoms with Crippen LogP contribution in [0.15, 0.2) is 158 Å². The average Bonchev–Trinajstić information content (AvgIpc) is 2.99. The Morgan fingerprint density at radius 3 is 1.25 bits per heavy atom. The van der Waals surface area contributed by atoms with Gasteiger partial charge in [-0.3, -0.25) is 4.79 Å². The maximum absolute atomic E-state index is 13.3. The molecule has 2 aliphatic rings. The van der Waals surface area contributed by atoms with Gasteiger partial charge >= 0.3 is 0 Å². The van der Waals surface area contributed by atoms with Crippen molar-refractivity contribution in [3.05, 3.63) is 158 Å². The van der Waals surface area contributed by atoms with E-state index in [1.807, 2.05) is 6.08 Å². The van der Waals surface area contributed by atoms with Gasteiger partial charge in [-0.1, -0.05) is 236 Å². The van der Waals surface area contributed by atoms with E-state index in [0.29, 0.717) is 12.8 Å². The van der Waals surface area contributed by atoms with Crippen LogP contribution in [-0.2, 0) is 23.7 Å². The molecule has 0 bridgehead atoms. The lowest BCUT2D eigenvalue weighted by molar-refractivity contribution is -0.359. The molecule has 0 radical (unpaired) electrons. The van der Waals surface area contributed by atoms with Crippen molar-refractivity contribution in [1.29, 1.82) is 0 Å². The fourth-order valence-electron chi connectivity index (χ4n) is 9.82. The van der Waals surface area contributed by atoms with E-state index < -0.39 is 86.8 Å². The molecule has 9 N–H and O–H groups in total. The molecule has 0 aromatic heterocycles. The Balaban J connectivity index is 1.66. The summed E-state index contributed by atoms with van der Waals surface area (Å²) in [5.74, 6) is -0.270. The summed E-state index contributed by atoms with van der Waals surface area (Å²) in [6.07, 6.45) is 70.1. The first-order valence-corrected chi connectivity index (χ1v) is 33.7. The Morgan fingerprint density at radius 1 is 0.420 bits per heavy atom. The maximum Gasteiger partial charge on any atom is 0.220 e. The monoisotopic (exact) mass is 1230 g/mol. The molecule has 1 amide bonds. The smallest absolute Gasteiger partial charge is 0.220 e. The molecule has 0 aromatic carbocycles. The summed E-state index contributed by atoms with van der Waals surface area (Å²) < 4.78 is 22.8. The first kappa shape index (κ1) is 79.7. The summed E-state index contributed by atoms with van der Waals surface area (Å²) in [7, 11) is 0. The predicted molar refractivity (Wildman–Crippen MR) is 359 cm³/mol. The second-order valence-corrected chi connectivity index (χ2v) is 22.8. The number of hydrogen-bond donors (Lipinski definition) is 9. The Hall–Kier alpha value is -4.39. The largest absolute Gasteiger partial charge is 0.394 e. The minimum Gasteiger partial charge on any atom is -0.394 e. The highest BCUT2D eigenvalue weighted by Gasteiger charge is 2.51. The van der Waals surface area contributed by atoms with Gasteiger partial charge in [-0.2, -0.15) is 0 Å². The minimum atomic E-state index is -1.80. The molecule has 88 heavy (non-hydrogen) atoms. The van der Waals surface area contributed by atoms with Crippen molar-refractivity contribution in [2.45, 2.75) is 280 Å². The molecular formula is C74H119NO13. The third-order valence-corrected chi connectivity index (χ3v) is 15.2. The van der Waals surface area contributed by atoms with Gasteiger partial charge < -0.3 is 65.1 Å². The average molecular weight is 1230 g/mol. The number of rotatable bonds is 52. The van der Waals surface area contributed by atoms with Crippen LogP contribution in [0.2, 0.25) is 0 Å². The Bertz CT molecular complexity index is 2080. The quantitative estimate of drug-likeness (QED) is 0.0204. The SMILES string of the molecule is CC/C=C\C/C=C\C/C=C\C/C=C\C/C=C\C/C=C\C/C=C\C/C=C\C/C=C\C/C=C\CCCCCCCCCCC(=O)NC(COC1OC(CO)C(OC2OC(CO)C(O)C(O)C2O)C(O)C1O)C(O)/C=C/CC/C=C/CC/C=C/CCCCCCC. The molecule has 2 saturated heterocycles. The second-order valence-electron chi connectivity index (χ2n) is 22.8. The number of amides is 1. The van der Waals surface area contributed by atoms with E-state index in [1.165, 1.54) is 51.4 Å². The highest BCUT2D eigenvalue weighted by molar-refractivity contribution is 5.76. The summed E-state index contributed by atoms with van der Waals surface area (Å²) >= 11 is 0. The molecule has 0 aromatic rings. The van der Waals surface area contributed by atoms with Gasteiger partial charge in [0, 0.05) is 6.42 Å². The van der Waals surface area contributed by atoms with Gasteiger partial charge in [0.1, 0.15) is 48.8 Å². The molecule has 2 heterocycles. The number of nitrogens with one attached hydrogen (secondary N) is 1. The molecule has 2 aliphatic heterocycles. The molecule has 2 rings (SSSR count). The Kier molecular flexibility index (Phi) is 51.2. The van der Waals surface area contributed by atoms with E-state index in [-0.39, 0.29) is 18.9 Å². The van der Waals surface area contributed by atoms with E-state index in [4.69, 9.17) is 18.9 Å². The van der Waals surface area contributed by atoms with Gasteiger partial charge in [0.25, 0.3) is 0 Å². The van der Waals surface area contributed by atoms with E-state index in [1.54, 1.807) is 6.08 Å². The summed E-state index contributed by atoms with van der Waals surface area (Å²) in [6.45, 7) is 2.61. The van der Waals surface area contributed by atoms with Gasteiger partial charge in [0.2, 0.25) is 5.91 Å². The van der Waals surface area contributed by atoms with Crippen LogP contribution < -0.4 is 5.32 Å². The maximum atomic E-state index is 13.3. The molecular weight excluding hydrogens is 1110 g/mol. The number of allylic oxidation sites excluding steroid dienone is 25. The van der Waals surface area contributed by atoms with Gasteiger partial charge in [0.15, 0.2) is 12.6 Å². The van der Waals surface area contributed by atoms with Crippen molar-refractivity contribution in [3.8, 4) is 0 Å². The van der Waals surface area contributed by atoms with Gasteiger partial charge in [-0.15, -0.1) is 0 Å². The Labute approximate surface area is 531 Å². The van der Waals surface area contributed by atoms with Crippen molar-refractivity contribution >= 4 is 5.91 Å². The van der Waals surface area contributed by atoms with E-state index in [9.17, 15) is 45.6 Å². The normalized spacial score (nSPS) is 24.2. The minimum absolute atomic E-state index is 0.249. The second kappa shape index (κ2) is 56.6. The number of unbranched alkanes of at least 4 members (excludes halogenated alkanes) is 15. The zero-order chi connectivity index (χ0) is 63.8. The first-order chi connectivity index (χ1) is 43.1. The van der Waals surface area contributed by atoms with Crippen molar-refractivity contribution < 1.29 is 64.6 Å². The van der Waals surface area contributed by atoms with Crippen LogP contribution in [0.1, 0.15) is 206 Å². The highest BCUT2D eigenvalue weighted by atomic mass is 16.7. The number of carbonyl (C=O) groups excluding carboxylic acids is 1. The van der Waals surface area contributed by atoms with Crippen LogP contribution in [0.3, 0.4) is 0 Å². The fourth-order valence-corrected chi connectivity index (χ4v) is 9.82. The zero-order valence-electron chi connectivity index (χ0n) is 53.9. The number of aliphatic hydroxyl groups is 8. The van der Waals surface area contributed by atoms with Crippen LogP contribution in [0.4, 0.5) is 0 Å². The van der Waals surface area contributed by atoms with Crippen LogP contribution in [-0.4, -0.2) is 140 Å². The van der Waals surface area contributed by atoms with Crippen LogP contribution in [0, 0.1) is 0 Å². The van der Waals surface area contributed by atoms with Crippen molar-refractivity contribution in [3.63, 3.8) is 0 Å². The third-order valence-electron chi connectivity index (χ3n) is 15.2. The lowest BCUT2D eigenvalue weighted by Gasteiger charge is -2.46. The molecule has 12 unspecified atom stereocenters. The lowest BCUT2D eigenvalue weighted by Crippen LogP contribution is -2.65. The number of ether oxygens (including phenoxy) is 4. The van der Waals surface area contributed by atoms with Gasteiger partial charge in [-0.25, -0.2) is 0 Å².